The van der Waals surface area contributed by atoms with Crippen LogP contribution in [0.5, 0.6) is 0 Å². The Labute approximate surface area is 104 Å². The van der Waals surface area contributed by atoms with Gasteiger partial charge in [0, 0.05) is 13.1 Å². The number of rotatable bonds is 1. The molecule has 0 saturated heterocycles. The van der Waals surface area contributed by atoms with Gasteiger partial charge in [-0.25, -0.2) is 9.37 Å². The zero-order valence-corrected chi connectivity index (χ0v) is 10.2. The Morgan fingerprint density at radius 2 is 2.35 bits per heavy atom. The number of aromatic nitrogens is 1. The van der Waals surface area contributed by atoms with Crippen LogP contribution in [0.15, 0.2) is 23.9 Å². The summed E-state index contributed by atoms with van der Waals surface area (Å²) in [6.45, 7) is 3.20. The third kappa shape index (κ3) is 2.64. The highest BCUT2D eigenvalue weighted by Crippen LogP contribution is 2.18. The molecule has 0 atom stereocenters. The van der Waals surface area contributed by atoms with Crippen LogP contribution < -0.4 is 0 Å². The van der Waals surface area contributed by atoms with Crippen LogP contribution in [0.4, 0.5) is 4.39 Å². The van der Waals surface area contributed by atoms with Gasteiger partial charge in [0.05, 0.1) is 11.8 Å². The van der Waals surface area contributed by atoms with E-state index in [-0.39, 0.29) is 16.6 Å². The SMILES string of the molecule is CC1=CCN(C(=O)c2cc(F)cnc2Cl)CC1. The molecule has 1 aliphatic rings. The van der Waals surface area contributed by atoms with E-state index in [4.69, 9.17) is 11.6 Å². The molecule has 0 fully saturated rings. The molecule has 1 amide bonds. The lowest BCUT2D eigenvalue weighted by Gasteiger charge is -2.25. The minimum absolute atomic E-state index is 0.0441. The molecular formula is C12H12ClFN2O. The van der Waals surface area contributed by atoms with Gasteiger partial charge in [-0.2, -0.15) is 0 Å². The Kier molecular flexibility index (Phi) is 3.43. The molecule has 1 aromatic rings. The van der Waals surface area contributed by atoms with E-state index in [1.165, 1.54) is 5.57 Å². The Morgan fingerprint density at radius 3 is 3.00 bits per heavy atom. The number of nitrogens with zero attached hydrogens (tertiary/aromatic N) is 2. The molecule has 0 spiro atoms. The van der Waals surface area contributed by atoms with Crippen LogP contribution >= 0.6 is 11.6 Å². The molecule has 0 bridgehead atoms. The van der Waals surface area contributed by atoms with E-state index in [9.17, 15) is 9.18 Å². The van der Waals surface area contributed by atoms with Crippen molar-refractivity contribution in [2.75, 3.05) is 13.1 Å². The molecular weight excluding hydrogens is 243 g/mol. The fraction of sp³-hybridized carbons (Fsp3) is 0.333. The maximum absolute atomic E-state index is 13.0. The Morgan fingerprint density at radius 1 is 1.59 bits per heavy atom. The van der Waals surface area contributed by atoms with Crippen LogP contribution in [0, 0.1) is 5.82 Å². The van der Waals surface area contributed by atoms with Crippen molar-refractivity contribution in [2.24, 2.45) is 0 Å². The van der Waals surface area contributed by atoms with Crippen LogP contribution in [0.2, 0.25) is 5.15 Å². The Bertz CT molecular complexity index is 487. The van der Waals surface area contributed by atoms with Gasteiger partial charge in [0.1, 0.15) is 11.0 Å². The number of carbonyl (C=O) groups excluding carboxylic acids is 1. The fourth-order valence-corrected chi connectivity index (χ4v) is 1.88. The van der Waals surface area contributed by atoms with Gasteiger partial charge in [-0.15, -0.1) is 0 Å². The highest BCUT2D eigenvalue weighted by molar-refractivity contribution is 6.32. The van der Waals surface area contributed by atoms with Crippen LogP contribution in [-0.2, 0) is 0 Å². The zero-order chi connectivity index (χ0) is 12.4. The van der Waals surface area contributed by atoms with Crippen molar-refractivity contribution >= 4 is 17.5 Å². The molecule has 0 radical (unpaired) electrons. The molecule has 1 aromatic heterocycles. The summed E-state index contributed by atoms with van der Waals surface area (Å²) in [7, 11) is 0. The van der Waals surface area contributed by atoms with Crippen molar-refractivity contribution in [1.29, 1.82) is 0 Å². The topological polar surface area (TPSA) is 33.2 Å². The van der Waals surface area contributed by atoms with Crippen molar-refractivity contribution < 1.29 is 9.18 Å². The number of hydrogen-bond donors (Lipinski definition) is 0. The second-order valence-corrected chi connectivity index (χ2v) is 4.40. The number of hydrogen-bond acceptors (Lipinski definition) is 2. The maximum Gasteiger partial charge on any atom is 0.257 e. The van der Waals surface area contributed by atoms with E-state index < -0.39 is 5.82 Å². The van der Waals surface area contributed by atoms with Crippen molar-refractivity contribution in [3.63, 3.8) is 0 Å². The number of halogens is 2. The third-order valence-electron chi connectivity index (χ3n) is 2.76. The molecule has 0 saturated carbocycles. The first-order valence-corrected chi connectivity index (χ1v) is 5.71. The third-order valence-corrected chi connectivity index (χ3v) is 3.06. The first-order chi connectivity index (χ1) is 8.08. The van der Waals surface area contributed by atoms with Gasteiger partial charge < -0.3 is 4.90 Å². The summed E-state index contributed by atoms with van der Waals surface area (Å²) in [4.78, 5) is 17.4. The van der Waals surface area contributed by atoms with Crippen LogP contribution in [0.25, 0.3) is 0 Å². The number of pyridine rings is 1. The highest BCUT2D eigenvalue weighted by Gasteiger charge is 2.20. The molecule has 1 aliphatic heterocycles. The fourth-order valence-electron chi connectivity index (χ4n) is 1.70. The minimum atomic E-state index is -0.554. The minimum Gasteiger partial charge on any atom is -0.335 e. The van der Waals surface area contributed by atoms with Gasteiger partial charge in [0.2, 0.25) is 0 Å². The molecule has 5 heteroatoms. The van der Waals surface area contributed by atoms with Crippen molar-refractivity contribution in [3.05, 3.63) is 40.4 Å². The van der Waals surface area contributed by atoms with Crippen LogP contribution in [-0.4, -0.2) is 28.9 Å². The van der Waals surface area contributed by atoms with E-state index in [0.717, 1.165) is 18.7 Å². The normalized spacial score (nSPS) is 15.7. The van der Waals surface area contributed by atoms with Gasteiger partial charge in [0.25, 0.3) is 5.91 Å². The molecule has 0 aromatic carbocycles. The van der Waals surface area contributed by atoms with Crippen LogP contribution in [0.1, 0.15) is 23.7 Å². The number of carbonyl (C=O) groups is 1. The zero-order valence-electron chi connectivity index (χ0n) is 9.41. The van der Waals surface area contributed by atoms with Gasteiger partial charge in [-0.05, 0) is 19.4 Å². The lowest BCUT2D eigenvalue weighted by molar-refractivity contribution is 0.0768. The average Bonchev–Trinajstić information content (AvgIpc) is 2.32. The van der Waals surface area contributed by atoms with Gasteiger partial charge in [-0.3, -0.25) is 4.79 Å². The lowest BCUT2D eigenvalue weighted by atomic mass is 10.1. The summed E-state index contributed by atoms with van der Waals surface area (Å²) in [6, 6.07) is 1.13. The van der Waals surface area contributed by atoms with Crippen LogP contribution in [0.3, 0.4) is 0 Å². The van der Waals surface area contributed by atoms with Crippen molar-refractivity contribution in [2.45, 2.75) is 13.3 Å². The molecule has 0 unspecified atom stereocenters. The first kappa shape index (κ1) is 12.0. The second-order valence-electron chi connectivity index (χ2n) is 4.04. The van der Waals surface area contributed by atoms with E-state index in [0.29, 0.717) is 13.1 Å². The van der Waals surface area contributed by atoms with Gasteiger partial charge in [0.15, 0.2) is 0 Å². The van der Waals surface area contributed by atoms with E-state index in [1.807, 2.05) is 13.0 Å². The molecule has 2 rings (SSSR count). The summed E-state index contributed by atoms with van der Waals surface area (Å²) in [6.07, 6.45) is 3.83. The largest absolute Gasteiger partial charge is 0.335 e. The van der Waals surface area contributed by atoms with Crippen molar-refractivity contribution in [3.8, 4) is 0 Å². The molecule has 0 N–H and O–H groups in total. The predicted molar refractivity (Wildman–Crippen MR) is 63.5 cm³/mol. The number of amides is 1. The van der Waals surface area contributed by atoms with Gasteiger partial charge >= 0.3 is 0 Å². The summed E-state index contributed by atoms with van der Waals surface area (Å²) in [5, 5.41) is 0.0441. The Hall–Kier alpha value is -1.42. The molecule has 0 aliphatic carbocycles. The smallest absolute Gasteiger partial charge is 0.257 e. The quantitative estimate of drug-likeness (QED) is 0.570. The van der Waals surface area contributed by atoms with E-state index in [1.54, 1.807) is 4.90 Å². The average molecular weight is 255 g/mol. The molecule has 2 heterocycles. The molecule has 90 valence electrons. The Balaban J connectivity index is 2.23. The summed E-state index contributed by atoms with van der Waals surface area (Å²) < 4.78 is 13.0. The standard InChI is InChI=1S/C12H12ClFN2O/c1-8-2-4-16(5-3-8)12(17)10-6-9(14)7-15-11(10)13/h2,6-7H,3-5H2,1H3. The summed E-state index contributed by atoms with van der Waals surface area (Å²) >= 11 is 5.80. The molecule has 17 heavy (non-hydrogen) atoms. The van der Waals surface area contributed by atoms with E-state index in [2.05, 4.69) is 4.98 Å². The maximum atomic E-state index is 13.0. The monoisotopic (exact) mass is 254 g/mol. The molecule has 3 nitrogen and oxygen atoms in total. The second kappa shape index (κ2) is 4.84. The predicted octanol–water partition coefficient (Wildman–Crippen LogP) is 2.67. The summed E-state index contributed by atoms with van der Waals surface area (Å²) in [5.74, 6) is -0.827. The van der Waals surface area contributed by atoms with E-state index >= 15 is 0 Å². The van der Waals surface area contributed by atoms with Crippen molar-refractivity contribution in [1.82, 2.24) is 9.88 Å². The van der Waals surface area contributed by atoms with Gasteiger partial charge in [-0.1, -0.05) is 23.3 Å². The lowest BCUT2D eigenvalue weighted by Crippen LogP contribution is -2.34. The highest BCUT2D eigenvalue weighted by atomic mass is 35.5. The summed E-state index contributed by atoms with van der Waals surface area (Å²) in [5.41, 5.74) is 1.39. The first-order valence-electron chi connectivity index (χ1n) is 5.34.